The maximum Gasteiger partial charge on any atom is 0.242 e. The van der Waals surface area contributed by atoms with Crippen LogP contribution < -0.4 is 10.0 Å². The van der Waals surface area contributed by atoms with Crippen LogP contribution in [0.5, 0.6) is 0 Å². The third-order valence-corrected chi connectivity index (χ3v) is 6.72. The molecule has 0 radical (unpaired) electrons. The summed E-state index contributed by atoms with van der Waals surface area (Å²) in [5.74, 6) is -0.405. The average Bonchev–Trinajstić information content (AvgIpc) is 2.67. The first kappa shape index (κ1) is 22.5. The molecule has 0 unspecified atom stereocenters. The highest BCUT2D eigenvalue weighted by atomic mass is 127. The van der Waals surface area contributed by atoms with Gasteiger partial charge in [-0.2, -0.15) is 4.72 Å². The number of anilines is 1. The van der Waals surface area contributed by atoms with E-state index in [4.69, 9.17) is 0 Å². The number of rotatable bonds is 7. The number of carbonyl (C=O) groups excluding carboxylic acids is 1. The molecule has 5 nitrogen and oxygen atoms in total. The second kappa shape index (κ2) is 9.72. The zero-order chi connectivity index (χ0) is 21.7. The number of carbonyl (C=O) groups is 1. The third kappa shape index (κ3) is 6.13. The zero-order valence-electron chi connectivity index (χ0n) is 16.7. The van der Waals surface area contributed by atoms with E-state index in [1.54, 1.807) is 12.1 Å². The average molecular weight is 534 g/mol. The van der Waals surface area contributed by atoms with Crippen LogP contribution in [0.2, 0.25) is 0 Å². The fraction of sp³-hybridized carbons (Fsp3) is 0.174. The van der Waals surface area contributed by atoms with Gasteiger partial charge in [-0.3, -0.25) is 4.79 Å². The van der Waals surface area contributed by atoms with Crippen molar-refractivity contribution in [1.82, 2.24) is 4.72 Å². The maximum absolute atomic E-state index is 13.1. The van der Waals surface area contributed by atoms with Crippen LogP contribution >= 0.6 is 22.6 Å². The molecule has 3 rings (SSSR count). The van der Waals surface area contributed by atoms with Crippen LogP contribution in [0.15, 0.2) is 77.7 Å². The van der Waals surface area contributed by atoms with Gasteiger partial charge in [-0.1, -0.05) is 36.4 Å². The normalized spacial score (nSPS) is 12.4. The molecule has 0 saturated carbocycles. The van der Waals surface area contributed by atoms with Gasteiger partial charge in [-0.15, -0.1) is 0 Å². The van der Waals surface area contributed by atoms with Gasteiger partial charge in [-0.05, 0) is 95.9 Å². The summed E-state index contributed by atoms with van der Waals surface area (Å²) in [6, 6.07) is 20.6. The summed E-state index contributed by atoms with van der Waals surface area (Å²) in [4.78, 5) is 13.2. The van der Waals surface area contributed by atoms with E-state index in [0.29, 0.717) is 5.69 Å². The second-order valence-electron chi connectivity index (χ2n) is 7.18. The first-order chi connectivity index (χ1) is 14.2. The van der Waals surface area contributed by atoms with Crippen molar-refractivity contribution in [3.8, 4) is 0 Å². The highest BCUT2D eigenvalue weighted by Crippen LogP contribution is 2.17. The van der Waals surface area contributed by atoms with Gasteiger partial charge in [0.05, 0.1) is 4.90 Å². The van der Waals surface area contributed by atoms with Gasteiger partial charge in [0.2, 0.25) is 15.9 Å². The SMILES string of the molecule is Cc1cc(C)cc(NC(=O)[C@@H](Cc2ccccc2)NS(=O)(=O)c2ccc(I)cc2)c1. The lowest BCUT2D eigenvalue weighted by Crippen LogP contribution is -2.45. The molecule has 0 aliphatic carbocycles. The Morgan fingerprint density at radius 2 is 1.53 bits per heavy atom. The molecule has 0 bridgehead atoms. The Labute approximate surface area is 191 Å². The second-order valence-corrected chi connectivity index (χ2v) is 10.1. The van der Waals surface area contributed by atoms with Crippen molar-refractivity contribution in [3.05, 3.63) is 93.1 Å². The molecule has 0 fully saturated rings. The molecule has 7 heteroatoms. The molecular formula is C23H23IN2O3S. The molecule has 0 aromatic heterocycles. The fourth-order valence-electron chi connectivity index (χ4n) is 3.18. The monoisotopic (exact) mass is 534 g/mol. The van der Waals surface area contributed by atoms with Crippen LogP contribution in [0, 0.1) is 17.4 Å². The van der Waals surface area contributed by atoms with Crippen molar-refractivity contribution in [2.75, 3.05) is 5.32 Å². The molecule has 0 heterocycles. The van der Waals surface area contributed by atoms with Crippen molar-refractivity contribution < 1.29 is 13.2 Å². The summed E-state index contributed by atoms with van der Waals surface area (Å²) in [5.41, 5.74) is 3.54. The summed E-state index contributed by atoms with van der Waals surface area (Å²) < 4.78 is 29.3. The molecule has 156 valence electrons. The number of amides is 1. The molecule has 0 aliphatic heterocycles. The quantitative estimate of drug-likeness (QED) is 0.441. The zero-order valence-corrected chi connectivity index (χ0v) is 19.7. The molecule has 3 aromatic carbocycles. The summed E-state index contributed by atoms with van der Waals surface area (Å²) in [6.07, 6.45) is 0.237. The Morgan fingerprint density at radius 3 is 2.13 bits per heavy atom. The molecule has 0 saturated heterocycles. The minimum absolute atomic E-state index is 0.125. The number of hydrogen-bond donors (Lipinski definition) is 2. The van der Waals surface area contributed by atoms with Crippen LogP contribution in [0.25, 0.3) is 0 Å². The van der Waals surface area contributed by atoms with E-state index in [2.05, 4.69) is 32.6 Å². The van der Waals surface area contributed by atoms with Gasteiger partial charge in [-0.25, -0.2) is 8.42 Å². The molecule has 0 spiro atoms. The Kier molecular flexibility index (Phi) is 7.27. The number of hydrogen-bond acceptors (Lipinski definition) is 3. The van der Waals surface area contributed by atoms with Crippen molar-refractivity contribution in [2.45, 2.75) is 31.2 Å². The minimum atomic E-state index is -3.86. The number of halogens is 1. The number of nitrogens with one attached hydrogen (secondary N) is 2. The first-order valence-electron chi connectivity index (χ1n) is 9.44. The number of sulfonamides is 1. The molecule has 3 aromatic rings. The predicted molar refractivity (Wildman–Crippen MR) is 128 cm³/mol. The van der Waals surface area contributed by atoms with Gasteiger partial charge < -0.3 is 5.32 Å². The van der Waals surface area contributed by atoms with Crippen molar-refractivity contribution >= 4 is 44.2 Å². The summed E-state index contributed by atoms with van der Waals surface area (Å²) in [5, 5.41) is 2.86. The largest absolute Gasteiger partial charge is 0.325 e. The molecule has 1 amide bonds. The van der Waals surface area contributed by atoms with Crippen molar-refractivity contribution in [2.24, 2.45) is 0 Å². The smallest absolute Gasteiger partial charge is 0.242 e. The number of benzene rings is 3. The summed E-state index contributed by atoms with van der Waals surface area (Å²) >= 11 is 2.11. The van der Waals surface area contributed by atoms with E-state index in [1.807, 2.05) is 62.4 Å². The van der Waals surface area contributed by atoms with E-state index >= 15 is 0 Å². The number of aryl methyl sites for hydroxylation is 2. The predicted octanol–water partition coefficient (Wildman–Crippen LogP) is 4.44. The molecule has 2 N–H and O–H groups in total. The van der Waals surface area contributed by atoms with Crippen LogP contribution in [-0.2, 0) is 21.2 Å². The topological polar surface area (TPSA) is 75.3 Å². The fourth-order valence-corrected chi connectivity index (χ4v) is 4.74. The Bertz CT molecular complexity index is 1110. The van der Waals surface area contributed by atoms with Gasteiger partial charge in [0.25, 0.3) is 0 Å². The van der Waals surface area contributed by atoms with E-state index in [9.17, 15) is 13.2 Å². The molecule has 1 atom stereocenters. The van der Waals surface area contributed by atoms with E-state index < -0.39 is 22.0 Å². The van der Waals surface area contributed by atoms with Gasteiger partial charge in [0.15, 0.2) is 0 Å². The highest BCUT2D eigenvalue weighted by molar-refractivity contribution is 14.1. The lowest BCUT2D eigenvalue weighted by atomic mass is 10.1. The van der Waals surface area contributed by atoms with Crippen LogP contribution in [0.4, 0.5) is 5.69 Å². The lowest BCUT2D eigenvalue weighted by molar-refractivity contribution is -0.117. The Balaban J connectivity index is 1.87. The van der Waals surface area contributed by atoms with Crippen LogP contribution in [0.1, 0.15) is 16.7 Å². The molecule has 30 heavy (non-hydrogen) atoms. The van der Waals surface area contributed by atoms with Gasteiger partial charge in [0, 0.05) is 9.26 Å². The Morgan fingerprint density at radius 1 is 0.933 bits per heavy atom. The molecular weight excluding hydrogens is 511 g/mol. The standard InChI is InChI=1S/C23H23IN2O3S/c1-16-12-17(2)14-20(13-16)25-23(27)22(15-18-6-4-3-5-7-18)26-30(28,29)21-10-8-19(24)9-11-21/h3-14,22,26H,15H2,1-2H3,(H,25,27)/t22-/m1/s1. The van der Waals surface area contributed by atoms with Crippen molar-refractivity contribution in [3.63, 3.8) is 0 Å². The van der Waals surface area contributed by atoms with Crippen LogP contribution in [-0.4, -0.2) is 20.4 Å². The lowest BCUT2D eigenvalue weighted by Gasteiger charge is -2.19. The van der Waals surface area contributed by atoms with Crippen molar-refractivity contribution in [1.29, 1.82) is 0 Å². The van der Waals surface area contributed by atoms with Gasteiger partial charge in [0.1, 0.15) is 6.04 Å². The maximum atomic E-state index is 13.1. The highest BCUT2D eigenvalue weighted by Gasteiger charge is 2.26. The Hall–Kier alpha value is -2.23. The van der Waals surface area contributed by atoms with Crippen LogP contribution in [0.3, 0.4) is 0 Å². The third-order valence-electron chi connectivity index (χ3n) is 4.51. The van der Waals surface area contributed by atoms with E-state index in [0.717, 1.165) is 20.3 Å². The van der Waals surface area contributed by atoms with Gasteiger partial charge >= 0.3 is 0 Å². The molecule has 0 aliphatic rings. The minimum Gasteiger partial charge on any atom is -0.325 e. The first-order valence-corrected chi connectivity index (χ1v) is 12.0. The van der Waals surface area contributed by atoms with E-state index in [1.165, 1.54) is 12.1 Å². The van der Waals surface area contributed by atoms with E-state index in [-0.39, 0.29) is 11.3 Å². The summed E-state index contributed by atoms with van der Waals surface area (Å²) in [7, 11) is -3.86. The summed E-state index contributed by atoms with van der Waals surface area (Å²) in [6.45, 7) is 3.90.